The van der Waals surface area contributed by atoms with Gasteiger partial charge >= 0.3 is 0 Å². The van der Waals surface area contributed by atoms with Gasteiger partial charge in [-0.3, -0.25) is 4.79 Å². The summed E-state index contributed by atoms with van der Waals surface area (Å²) in [4.78, 5) is 16.5. The van der Waals surface area contributed by atoms with Crippen molar-refractivity contribution in [2.75, 3.05) is 31.1 Å². The van der Waals surface area contributed by atoms with E-state index in [0.29, 0.717) is 25.5 Å². The summed E-state index contributed by atoms with van der Waals surface area (Å²) in [6.07, 6.45) is 3.82. The van der Waals surface area contributed by atoms with E-state index >= 15 is 0 Å². The second kappa shape index (κ2) is 7.22. The van der Waals surface area contributed by atoms with Gasteiger partial charge in [0.1, 0.15) is 6.54 Å². The second-order valence-electron chi connectivity index (χ2n) is 6.81. The van der Waals surface area contributed by atoms with Crippen molar-refractivity contribution >= 4 is 11.7 Å². The summed E-state index contributed by atoms with van der Waals surface area (Å²) >= 11 is 0. The van der Waals surface area contributed by atoms with Crippen molar-refractivity contribution in [2.24, 2.45) is 0 Å². The number of aryl methyl sites for hydroxylation is 2. The lowest BCUT2D eigenvalue weighted by Crippen LogP contribution is -2.49. The van der Waals surface area contributed by atoms with Crippen LogP contribution in [0.1, 0.15) is 11.4 Å². The van der Waals surface area contributed by atoms with E-state index < -0.39 is 0 Å². The molecule has 4 heterocycles. The monoisotopic (exact) mass is 365 g/mol. The van der Waals surface area contributed by atoms with Gasteiger partial charge in [-0.2, -0.15) is 5.10 Å². The molecule has 0 atom stereocenters. The highest BCUT2D eigenvalue weighted by atomic mass is 16.2. The zero-order valence-corrected chi connectivity index (χ0v) is 15.6. The Labute approximate surface area is 158 Å². The van der Waals surface area contributed by atoms with Crippen molar-refractivity contribution in [3.63, 3.8) is 0 Å². The van der Waals surface area contributed by atoms with Crippen LogP contribution in [0.15, 0.2) is 42.7 Å². The van der Waals surface area contributed by atoms with Crippen LogP contribution in [0.25, 0.3) is 5.82 Å². The molecule has 4 rings (SSSR count). The van der Waals surface area contributed by atoms with Crippen molar-refractivity contribution < 1.29 is 4.79 Å². The Morgan fingerprint density at radius 3 is 2.26 bits per heavy atom. The van der Waals surface area contributed by atoms with E-state index in [1.807, 2.05) is 66.0 Å². The quantitative estimate of drug-likeness (QED) is 0.699. The molecule has 0 aliphatic carbocycles. The Kier molecular flexibility index (Phi) is 4.62. The molecule has 3 aromatic heterocycles. The normalized spacial score (nSPS) is 14.6. The van der Waals surface area contributed by atoms with Crippen LogP contribution < -0.4 is 4.90 Å². The summed E-state index contributed by atoms with van der Waals surface area (Å²) in [5.41, 5.74) is 1.99. The Morgan fingerprint density at radius 2 is 1.67 bits per heavy atom. The first kappa shape index (κ1) is 17.3. The lowest BCUT2D eigenvalue weighted by atomic mass is 10.3. The van der Waals surface area contributed by atoms with Crippen molar-refractivity contribution in [3.05, 3.63) is 54.1 Å². The molecule has 0 radical (unpaired) electrons. The van der Waals surface area contributed by atoms with Gasteiger partial charge in [0.2, 0.25) is 5.91 Å². The number of piperazine rings is 1. The summed E-state index contributed by atoms with van der Waals surface area (Å²) in [5, 5.41) is 13.1. The Bertz CT molecular complexity index is 906. The lowest BCUT2D eigenvalue weighted by Gasteiger charge is -2.35. The standard InChI is InChI=1S/C19H23N7O/c1-15-13-16(2)26(22-15)18-6-5-17(20-21-18)24-9-11-25(12-10-24)19(27)14-23-7-3-4-8-23/h3-8,13H,9-12,14H2,1-2H3. The third-order valence-corrected chi connectivity index (χ3v) is 4.80. The highest BCUT2D eigenvalue weighted by molar-refractivity contribution is 5.76. The molecule has 1 aliphatic heterocycles. The van der Waals surface area contributed by atoms with E-state index in [9.17, 15) is 4.79 Å². The minimum absolute atomic E-state index is 0.150. The van der Waals surface area contributed by atoms with E-state index in [1.54, 1.807) is 4.68 Å². The predicted octanol–water partition coefficient (Wildman–Crippen LogP) is 1.43. The molecule has 1 fully saturated rings. The summed E-state index contributed by atoms with van der Waals surface area (Å²) in [5.74, 6) is 1.69. The van der Waals surface area contributed by atoms with Gasteiger partial charge in [0.05, 0.1) is 5.69 Å². The number of carbonyl (C=O) groups excluding carboxylic acids is 1. The fraction of sp³-hybridized carbons (Fsp3) is 0.368. The molecular formula is C19H23N7O. The Hall–Kier alpha value is -3.16. The Balaban J connectivity index is 1.37. The van der Waals surface area contributed by atoms with Gasteiger partial charge in [0.15, 0.2) is 11.6 Å². The van der Waals surface area contributed by atoms with Gasteiger partial charge < -0.3 is 14.4 Å². The molecule has 0 aromatic carbocycles. The topological polar surface area (TPSA) is 72.1 Å². The third-order valence-electron chi connectivity index (χ3n) is 4.80. The molecule has 0 bridgehead atoms. The first-order valence-corrected chi connectivity index (χ1v) is 9.11. The zero-order chi connectivity index (χ0) is 18.8. The van der Waals surface area contributed by atoms with Gasteiger partial charge in [-0.25, -0.2) is 4.68 Å². The highest BCUT2D eigenvalue weighted by Gasteiger charge is 2.22. The lowest BCUT2D eigenvalue weighted by molar-refractivity contribution is -0.132. The van der Waals surface area contributed by atoms with Crippen LogP contribution >= 0.6 is 0 Å². The summed E-state index contributed by atoms with van der Waals surface area (Å²) < 4.78 is 3.70. The summed E-state index contributed by atoms with van der Waals surface area (Å²) in [7, 11) is 0. The van der Waals surface area contributed by atoms with Crippen LogP contribution in [-0.2, 0) is 11.3 Å². The van der Waals surface area contributed by atoms with Gasteiger partial charge in [-0.1, -0.05) is 0 Å². The minimum Gasteiger partial charge on any atom is -0.352 e. The SMILES string of the molecule is Cc1cc(C)n(-c2ccc(N3CCN(C(=O)Cn4cccc4)CC3)nn2)n1. The number of nitrogens with zero attached hydrogens (tertiary/aromatic N) is 7. The molecule has 140 valence electrons. The maximum absolute atomic E-state index is 12.4. The number of aromatic nitrogens is 5. The fourth-order valence-corrected chi connectivity index (χ4v) is 3.38. The van der Waals surface area contributed by atoms with E-state index in [4.69, 9.17) is 0 Å². The van der Waals surface area contributed by atoms with Crippen LogP contribution in [0.4, 0.5) is 5.82 Å². The van der Waals surface area contributed by atoms with Crippen molar-refractivity contribution in [1.82, 2.24) is 29.4 Å². The largest absolute Gasteiger partial charge is 0.352 e. The molecule has 0 spiro atoms. The fourth-order valence-electron chi connectivity index (χ4n) is 3.38. The molecular weight excluding hydrogens is 342 g/mol. The van der Waals surface area contributed by atoms with E-state index in [2.05, 4.69) is 20.2 Å². The van der Waals surface area contributed by atoms with Crippen LogP contribution in [0, 0.1) is 13.8 Å². The minimum atomic E-state index is 0.150. The number of hydrogen-bond acceptors (Lipinski definition) is 5. The molecule has 8 heteroatoms. The first-order valence-electron chi connectivity index (χ1n) is 9.11. The van der Waals surface area contributed by atoms with Gasteiger partial charge in [-0.15, -0.1) is 10.2 Å². The van der Waals surface area contributed by atoms with Gasteiger partial charge in [-0.05, 0) is 44.2 Å². The molecule has 27 heavy (non-hydrogen) atoms. The third kappa shape index (κ3) is 3.69. The van der Waals surface area contributed by atoms with Crippen molar-refractivity contribution in [2.45, 2.75) is 20.4 Å². The summed E-state index contributed by atoms with van der Waals surface area (Å²) in [6, 6.07) is 9.78. The van der Waals surface area contributed by atoms with E-state index in [1.165, 1.54) is 0 Å². The molecule has 0 N–H and O–H groups in total. The van der Waals surface area contributed by atoms with E-state index in [-0.39, 0.29) is 5.91 Å². The Morgan fingerprint density at radius 1 is 1.00 bits per heavy atom. The molecule has 0 unspecified atom stereocenters. The predicted molar refractivity (Wildman–Crippen MR) is 102 cm³/mol. The first-order chi connectivity index (χ1) is 13.1. The summed E-state index contributed by atoms with van der Waals surface area (Å²) in [6.45, 7) is 7.25. The number of rotatable bonds is 4. The molecule has 3 aromatic rings. The van der Waals surface area contributed by atoms with Gasteiger partial charge in [0, 0.05) is 44.3 Å². The van der Waals surface area contributed by atoms with Crippen LogP contribution in [0.3, 0.4) is 0 Å². The molecule has 8 nitrogen and oxygen atoms in total. The maximum atomic E-state index is 12.4. The molecule has 1 aliphatic rings. The molecule has 1 saturated heterocycles. The van der Waals surface area contributed by atoms with Crippen LogP contribution in [0.2, 0.25) is 0 Å². The van der Waals surface area contributed by atoms with Crippen LogP contribution in [0.5, 0.6) is 0 Å². The van der Waals surface area contributed by atoms with E-state index in [0.717, 1.165) is 30.3 Å². The number of carbonyl (C=O) groups is 1. The van der Waals surface area contributed by atoms with Crippen molar-refractivity contribution in [1.29, 1.82) is 0 Å². The smallest absolute Gasteiger partial charge is 0.242 e. The average molecular weight is 365 g/mol. The number of anilines is 1. The second-order valence-corrected chi connectivity index (χ2v) is 6.81. The zero-order valence-electron chi connectivity index (χ0n) is 15.6. The molecule has 1 amide bonds. The van der Waals surface area contributed by atoms with Crippen molar-refractivity contribution in [3.8, 4) is 5.82 Å². The number of hydrogen-bond donors (Lipinski definition) is 0. The number of amides is 1. The molecule has 0 saturated carbocycles. The average Bonchev–Trinajstić information content (AvgIpc) is 3.31. The highest BCUT2D eigenvalue weighted by Crippen LogP contribution is 2.15. The van der Waals surface area contributed by atoms with Crippen LogP contribution in [-0.4, -0.2) is 61.5 Å². The maximum Gasteiger partial charge on any atom is 0.242 e. The van der Waals surface area contributed by atoms with Gasteiger partial charge in [0.25, 0.3) is 0 Å².